The molecule has 0 N–H and O–H groups in total. The van der Waals surface area contributed by atoms with Gasteiger partial charge in [0.1, 0.15) is 5.82 Å². The number of hydrogen-bond donors (Lipinski definition) is 0. The molecule has 1 aliphatic rings. The number of para-hydroxylation sites is 2. The number of aromatic nitrogens is 2. The Morgan fingerprint density at radius 1 is 1.15 bits per heavy atom. The Bertz CT molecular complexity index is 1110. The maximum Gasteiger partial charge on any atom is 0.244 e. The summed E-state index contributed by atoms with van der Waals surface area (Å²) in [5.74, 6) is 0.791. The van der Waals surface area contributed by atoms with Crippen LogP contribution in [0.3, 0.4) is 0 Å². The van der Waals surface area contributed by atoms with Crippen LogP contribution in [0.5, 0.6) is 0 Å². The molecule has 5 nitrogen and oxygen atoms in total. The minimum Gasteiger partial charge on any atom is -0.330 e. The van der Waals surface area contributed by atoms with Gasteiger partial charge in [-0.25, -0.2) is 13.4 Å². The first kappa shape index (κ1) is 18.5. The standard InChI is InChI=1S/C20H22ClN3O2S/c1-14-10-11-15(21)13-19(14)27(25,26)24-12-6-5-9-18(24)20-22-16-7-3-4-8-17(16)23(20)2/h3-4,7-8,10-11,13,18H,5-6,9,12H2,1-2H3/t18-/m0/s1. The van der Waals surface area contributed by atoms with Crippen LogP contribution in [0.1, 0.15) is 36.7 Å². The van der Waals surface area contributed by atoms with Crippen molar-refractivity contribution in [3.8, 4) is 0 Å². The molecule has 3 aromatic rings. The molecule has 4 rings (SSSR count). The smallest absolute Gasteiger partial charge is 0.244 e. The van der Waals surface area contributed by atoms with E-state index in [9.17, 15) is 8.42 Å². The third-order valence-electron chi connectivity index (χ3n) is 5.31. The number of aryl methyl sites for hydroxylation is 2. The van der Waals surface area contributed by atoms with E-state index >= 15 is 0 Å². The molecule has 1 saturated heterocycles. The van der Waals surface area contributed by atoms with Crippen LogP contribution in [0, 0.1) is 6.92 Å². The zero-order valence-corrected chi connectivity index (χ0v) is 17.0. The lowest BCUT2D eigenvalue weighted by Gasteiger charge is -2.34. The van der Waals surface area contributed by atoms with Crippen molar-refractivity contribution >= 4 is 32.7 Å². The van der Waals surface area contributed by atoms with Gasteiger partial charge in [-0.2, -0.15) is 4.31 Å². The molecule has 142 valence electrons. The third kappa shape index (κ3) is 3.16. The monoisotopic (exact) mass is 403 g/mol. The SMILES string of the molecule is Cc1ccc(Cl)cc1S(=O)(=O)N1CCCC[C@H]1c1nc2ccccc2n1C. The molecule has 0 spiro atoms. The molecule has 1 aromatic heterocycles. The first-order valence-electron chi connectivity index (χ1n) is 9.09. The zero-order valence-electron chi connectivity index (χ0n) is 15.4. The lowest BCUT2D eigenvalue weighted by atomic mass is 10.0. The van der Waals surface area contributed by atoms with Crippen molar-refractivity contribution in [2.24, 2.45) is 7.05 Å². The van der Waals surface area contributed by atoms with Crippen LogP contribution < -0.4 is 0 Å². The summed E-state index contributed by atoms with van der Waals surface area (Å²) in [4.78, 5) is 5.04. The molecule has 0 bridgehead atoms. The quantitative estimate of drug-likeness (QED) is 0.649. The number of hydrogen-bond acceptors (Lipinski definition) is 3. The van der Waals surface area contributed by atoms with Gasteiger partial charge in [-0.1, -0.05) is 36.2 Å². The first-order chi connectivity index (χ1) is 12.9. The summed E-state index contributed by atoms with van der Waals surface area (Å²) in [6.45, 7) is 2.29. The summed E-state index contributed by atoms with van der Waals surface area (Å²) in [6, 6.07) is 12.6. The van der Waals surface area contributed by atoms with Crippen molar-refractivity contribution in [2.45, 2.75) is 37.1 Å². The number of benzene rings is 2. The Morgan fingerprint density at radius 3 is 2.70 bits per heavy atom. The van der Waals surface area contributed by atoms with Crippen molar-refractivity contribution < 1.29 is 8.42 Å². The van der Waals surface area contributed by atoms with Crippen LogP contribution in [0.15, 0.2) is 47.4 Å². The fraction of sp³-hybridized carbons (Fsp3) is 0.350. The maximum absolute atomic E-state index is 13.5. The normalized spacial score (nSPS) is 18.9. The second-order valence-electron chi connectivity index (χ2n) is 7.05. The number of sulfonamides is 1. The van der Waals surface area contributed by atoms with E-state index < -0.39 is 10.0 Å². The molecular weight excluding hydrogens is 382 g/mol. The predicted molar refractivity (Wildman–Crippen MR) is 107 cm³/mol. The average molecular weight is 404 g/mol. The van der Waals surface area contributed by atoms with Crippen LogP contribution in [-0.4, -0.2) is 28.8 Å². The van der Waals surface area contributed by atoms with Crippen molar-refractivity contribution in [1.82, 2.24) is 13.9 Å². The highest BCUT2D eigenvalue weighted by Crippen LogP contribution is 2.37. The fourth-order valence-electron chi connectivity index (χ4n) is 3.89. The van der Waals surface area contributed by atoms with Gasteiger partial charge in [0.15, 0.2) is 0 Å². The summed E-state index contributed by atoms with van der Waals surface area (Å²) < 4.78 is 30.6. The molecule has 1 atom stereocenters. The van der Waals surface area contributed by atoms with E-state index in [0.29, 0.717) is 17.1 Å². The topological polar surface area (TPSA) is 55.2 Å². The fourth-order valence-corrected chi connectivity index (χ4v) is 6.04. The van der Waals surface area contributed by atoms with Gasteiger partial charge in [0, 0.05) is 18.6 Å². The van der Waals surface area contributed by atoms with Gasteiger partial charge in [0.2, 0.25) is 10.0 Å². The largest absolute Gasteiger partial charge is 0.330 e. The Kier molecular flexibility index (Phi) is 4.74. The molecule has 0 radical (unpaired) electrons. The number of imidazole rings is 1. The van der Waals surface area contributed by atoms with Crippen molar-refractivity contribution in [3.63, 3.8) is 0 Å². The van der Waals surface area contributed by atoms with Gasteiger partial charge in [0.25, 0.3) is 0 Å². The second kappa shape index (κ2) is 6.93. The van der Waals surface area contributed by atoms with Gasteiger partial charge < -0.3 is 4.57 Å². The molecule has 1 aliphatic heterocycles. The van der Waals surface area contributed by atoms with Gasteiger partial charge in [0.05, 0.1) is 22.0 Å². The molecule has 7 heteroatoms. The number of nitrogens with zero attached hydrogens (tertiary/aromatic N) is 3. The minimum absolute atomic E-state index is 0.278. The van der Waals surface area contributed by atoms with Crippen LogP contribution in [0.4, 0.5) is 0 Å². The molecular formula is C20H22ClN3O2S. The molecule has 0 aliphatic carbocycles. The lowest BCUT2D eigenvalue weighted by Crippen LogP contribution is -2.39. The van der Waals surface area contributed by atoms with E-state index in [-0.39, 0.29) is 10.9 Å². The molecule has 0 amide bonds. The average Bonchev–Trinajstić information content (AvgIpc) is 3.00. The van der Waals surface area contributed by atoms with E-state index in [1.807, 2.05) is 35.9 Å². The number of halogens is 1. The maximum atomic E-state index is 13.5. The van der Waals surface area contributed by atoms with E-state index in [2.05, 4.69) is 0 Å². The van der Waals surface area contributed by atoms with Gasteiger partial charge in [-0.05, 0) is 49.6 Å². The molecule has 0 saturated carbocycles. The lowest BCUT2D eigenvalue weighted by molar-refractivity contribution is 0.243. The number of fused-ring (bicyclic) bond motifs is 1. The minimum atomic E-state index is -3.67. The Labute approximate surface area is 164 Å². The Balaban J connectivity index is 1.83. The highest BCUT2D eigenvalue weighted by Gasteiger charge is 2.37. The summed E-state index contributed by atoms with van der Waals surface area (Å²) in [5, 5.41) is 0.426. The first-order valence-corrected chi connectivity index (χ1v) is 10.9. The van der Waals surface area contributed by atoms with Crippen LogP contribution in [0.2, 0.25) is 5.02 Å². The summed E-state index contributed by atoms with van der Waals surface area (Å²) in [6.07, 6.45) is 2.59. The van der Waals surface area contributed by atoms with Gasteiger partial charge in [-0.15, -0.1) is 0 Å². The molecule has 1 fully saturated rings. The van der Waals surface area contributed by atoms with E-state index in [4.69, 9.17) is 16.6 Å². The van der Waals surface area contributed by atoms with Gasteiger partial charge >= 0.3 is 0 Å². The van der Waals surface area contributed by atoms with Gasteiger partial charge in [-0.3, -0.25) is 0 Å². The Morgan fingerprint density at radius 2 is 1.93 bits per heavy atom. The Hall–Kier alpha value is -1.89. The van der Waals surface area contributed by atoms with Crippen molar-refractivity contribution in [2.75, 3.05) is 6.54 Å². The number of rotatable bonds is 3. The van der Waals surface area contributed by atoms with E-state index in [1.165, 1.54) is 0 Å². The molecule has 27 heavy (non-hydrogen) atoms. The predicted octanol–water partition coefficient (Wildman–Crippen LogP) is 4.45. The summed E-state index contributed by atoms with van der Waals surface area (Å²) in [7, 11) is -1.72. The van der Waals surface area contributed by atoms with Crippen LogP contribution >= 0.6 is 11.6 Å². The van der Waals surface area contributed by atoms with Crippen molar-refractivity contribution in [3.05, 3.63) is 58.9 Å². The zero-order chi connectivity index (χ0) is 19.2. The molecule has 2 heterocycles. The van der Waals surface area contributed by atoms with Crippen LogP contribution in [-0.2, 0) is 17.1 Å². The third-order valence-corrected chi connectivity index (χ3v) is 7.60. The highest BCUT2D eigenvalue weighted by molar-refractivity contribution is 7.89. The summed E-state index contributed by atoms with van der Waals surface area (Å²) >= 11 is 6.09. The van der Waals surface area contributed by atoms with E-state index in [1.54, 1.807) is 29.4 Å². The summed E-state index contributed by atoms with van der Waals surface area (Å²) in [5.41, 5.74) is 2.60. The molecule has 0 unspecified atom stereocenters. The van der Waals surface area contributed by atoms with E-state index in [0.717, 1.165) is 36.1 Å². The molecule has 2 aromatic carbocycles. The van der Waals surface area contributed by atoms with Crippen LogP contribution in [0.25, 0.3) is 11.0 Å². The number of piperidine rings is 1. The highest BCUT2D eigenvalue weighted by atomic mass is 35.5. The second-order valence-corrected chi connectivity index (χ2v) is 9.35. The van der Waals surface area contributed by atoms with Crippen molar-refractivity contribution in [1.29, 1.82) is 0 Å².